The van der Waals surface area contributed by atoms with E-state index >= 15 is 0 Å². The summed E-state index contributed by atoms with van der Waals surface area (Å²) in [5.74, 6) is -0.0253. The van der Waals surface area contributed by atoms with Gasteiger partial charge in [-0.15, -0.1) is 0 Å². The number of aliphatic hydroxyl groups is 1. The van der Waals surface area contributed by atoms with Crippen LogP contribution >= 0.6 is 0 Å². The van der Waals surface area contributed by atoms with Gasteiger partial charge in [-0.05, 0) is 57.4 Å². The van der Waals surface area contributed by atoms with Gasteiger partial charge in [0.15, 0.2) is 5.78 Å². The molecule has 2 N–H and O–H groups in total. The molecule has 1 aliphatic heterocycles. The lowest BCUT2D eigenvalue weighted by Gasteiger charge is -2.44. The van der Waals surface area contributed by atoms with E-state index in [9.17, 15) is 14.7 Å². The lowest BCUT2D eigenvalue weighted by Crippen LogP contribution is -2.51. The smallest absolute Gasteiger partial charge is 0.235 e. The summed E-state index contributed by atoms with van der Waals surface area (Å²) in [5, 5.41) is 13.4. The van der Waals surface area contributed by atoms with Gasteiger partial charge in [0.2, 0.25) is 5.91 Å². The van der Waals surface area contributed by atoms with Crippen molar-refractivity contribution in [3.05, 3.63) is 35.5 Å². The molecule has 0 aromatic carbocycles. The van der Waals surface area contributed by atoms with E-state index in [1.54, 1.807) is 6.08 Å². The zero-order valence-electron chi connectivity index (χ0n) is 17.9. The zero-order valence-corrected chi connectivity index (χ0v) is 17.9. The molecule has 1 fully saturated rings. The number of ketones is 1. The predicted octanol–water partition coefficient (Wildman–Crippen LogP) is 3.96. The predicted molar refractivity (Wildman–Crippen MR) is 111 cm³/mol. The van der Waals surface area contributed by atoms with E-state index in [2.05, 4.69) is 52.1 Å². The molecule has 1 saturated heterocycles. The number of hydrogen-bond acceptors (Lipinski definition) is 3. The first-order chi connectivity index (χ1) is 13.2. The molecular formula is C24H35NO3. The fourth-order valence-electron chi connectivity index (χ4n) is 5.56. The van der Waals surface area contributed by atoms with Crippen molar-refractivity contribution < 1.29 is 14.7 Å². The molecule has 0 saturated carbocycles. The van der Waals surface area contributed by atoms with Crippen molar-refractivity contribution in [2.45, 2.75) is 72.4 Å². The molecule has 28 heavy (non-hydrogen) atoms. The Morgan fingerprint density at radius 2 is 1.96 bits per heavy atom. The molecule has 3 aliphatic rings. The van der Waals surface area contributed by atoms with Crippen molar-refractivity contribution >= 4 is 11.7 Å². The Hall–Kier alpha value is -1.68. The molecule has 4 heteroatoms. The highest BCUT2D eigenvalue weighted by atomic mass is 16.3. The number of allylic oxidation sites excluding steroid dienone is 5. The molecule has 0 aromatic rings. The first-order valence-electron chi connectivity index (χ1n) is 10.7. The Balaban J connectivity index is 2.20. The number of aliphatic hydroxyl groups excluding tert-OH is 1. The molecule has 1 amide bonds. The summed E-state index contributed by atoms with van der Waals surface area (Å²) >= 11 is 0. The van der Waals surface area contributed by atoms with Gasteiger partial charge in [0.1, 0.15) is 5.41 Å². The summed E-state index contributed by atoms with van der Waals surface area (Å²) in [6.07, 6.45) is 9.95. The van der Waals surface area contributed by atoms with Crippen molar-refractivity contribution in [1.82, 2.24) is 5.32 Å². The topological polar surface area (TPSA) is 66.4 Å². The van der Waals surface area contributed by atoms with Crippen molar-refractivity contribution in [3.63, 3.8) is 0 Å². The third-order valence-electron chi connectivity index (χ3n) is 7.01. The fourth-order valence-corrected chi connectivity index (χ4v) is 5.56. The quantitative estimate of drug-likeness (QED) is 0.558. The first-order valence-corrected chi connectivity index (χ1v) is 10.7. The number of carbonyl (C=O) groups is 2. The van der Waals surface area contributed by atoms with Gasteiger partial charge in [0.25, 0.3) is 0 Å². The van der Waals surface area contributed by atoms with Crippen molar-refractivity contribution in [2.75, 3.05) is 0 Å². The molecule has 2 aliphatic carbocycles. The van der Waals surface area contributed by atoms with E-state index in [-0.39, 0.29) is 35.5 Å². The van der Waals surface area contributed by atoms with Crippen LogP contribution in [-0.2, 0) is 9.59 Å². The van der Waals surface area contributed by atoms with Crippen LogP contribution in [0.25, 0.3) is 0 Å². The van der Waals surface area contributed by atoms with Crippen molar-refractivity contribution in [1.29, 1.82) is 0 Å². The molecule has 0 aromatic heterocycles. The Morgan fingerprint density at radius 3 is 2.64 bits per heavy atom. The van der Waals surface area contributed by atoms with Crippen LogP contribution in [0.5, 0.6) is 0 Å². The van der Waals surface area contributed by atoms with Gasteiger partial charge >= 0.3 is 0 Å². The van der Waals surface area contributed by atoms with Crippen LogP contribution in [0.4, 0.5) is 0 Å². The second kappa shape index (κ2) is 7.98. The second-order valence-corrected chi connectivity index (χ2v) is 9.53. The van der Waals surface area contributed by atoms with Crippen molar-refractivity contribution in [2.24, 2.45) is 29.1 Å². The lowest BCUT2D eigenvalue weighted by molar-refractivity contribution is -0.142. The number of rotatable bonds is 2. The Kier molecular flexibility index (Phi) is 6.00. The maximum absolute atomic E-state index is 13.6. The maximum Gasteiger partial charge on any atom is 0.235 e. The highest BCUT2D eigenvalue weighted by Crippen LogP contribution is 2.55. The second-order valence-electron chi connectivity index (χ2n) is 9.53. The van der Waals surface area contributed by atoms with Crippen LogP contribution in [0.1, 0.15) is 60.3 Å². The van der Waals surface area contributed by atoms with E-state index in [4.69, 9.17) is 0 Å². The molecule has 154 valence electrons. The molecule has 1 spiro atoms. The van der Waals surface area contributed by atoms with Crippen LogP contribution < -0.4 is 5.32 Å². The Bertz CT molecular complexity index is 732. The summed E-state index contributed by atoms with van der Waals surface area (Å²) in [6.45, 7) is 10.7. The molecule has 0 bridgehead atoms. The normalized spacial score (nSPS) is 38.9. The highest BCUT2D eigenvalue weighted by molar-refractivity contribution is 6.13. The minimum atomic E-state index is -1.11. The van der Waals surface area contributed by atoms with Crippen LogP contribution in [0.2, 0.25) is 0 Å². The maximum atomic E-state index is 13.6. The summed E-state index contributed by atoms with van der Waals surface area (Å²) in [7, 11) is 0. The number of amides is 1. The SMILES string of the molecule is CC1=C[C@H]2C=C(C)[C@@H](C)[C@H]3[C@H](CC(C)C)NC(=O)[C@@]23C(=O)C=CC(O)CCC1. The van der Waals surface area contributed by atoms with Gasteiger partial charge in [0.05, 0.1) is 6.10 Å². The van der Waals surface area contributed by atoms with Gasteiger partial charge in [-0.1, -0.05) is 50.1 Å². The van der Waals surface area contributed by atoms with E-state index in [1.165, 1.54) is 17.2 Å². The third kappa shape index (κ3) is 3.52. The summed E-state index contributed by atoms with van der Waals surface area (Å²) in [6, 6.07) is -0.00485. The largest absolute Gasteiger partial charge is 0.389 e. The van der Waals surface area contributed by atoms with Gasteiger partial charge < -0.3 is 10.4 Å². The van der Waals surface area contributed by atoms with Gasteiger partial charge in [0, 0.05) is 17.9 Å². The summed E-state index contributed by atoms with van der Waals surface area (Å²) < 4.78 is 0. The summed E-state index contributed by atoms with van der Waals surface area (Å²) in [5.41, 5.74) is 1.33. The number of hydrogen-bond donors (Lipinski definition) is 2. The zero-order chi connectivity index (χ0) is 20.6. The van der Waals surface area contributed by atoms with Crippen LogP contribution in [0.3, 0.4) is 0 Å². The molecule has 0 radical (unpaired) electrons. The molecular weight excluding hydrogens is 350 g/mol. The van der Waals surface area contributed by atoms with Gasteiger partial charge in [-0.25, -0.2) is 0 Å². The van der Waals surface area contributed by atoms with E-state index < -0.39 is 11.5 Å². The fraction of sp³-hybridized carbons (Fsp3) is 0.667. The van der Waals surface area contributed by atoms with Gasteiger partial charge in [-0.3, -0.25) is 9.59 Å². The molecule has 4 nitrogen and oxygen atoms in total. The molecule has 6 atom stereocenters. The van der Waals surface area contributed by atoms with Gasteiger partial charge in [-0.2, -0.15) is 0 Å². The van der Waals surface area contributed by atoms with Crippen LogP contribution in [0.15, 0.2) is 35.5 Å². The van der Waals surface area contributed by atoms with E-state index in [0.29, 0.717) is 12.3 Å². The number of nitrogens with one attached hydrogen (secondary N) is 1. The first kappa shape index (κ1) is 21.0. The minimum absolute atomic E-state index is 0.00485. The lowest BCUT2D eigenvalue weighted by atomic mass is 9.55. The van der Waals surface area contributed by atoms with Crippen molar-refractivity contribution in [3.8, 4) is 0 Å². The molecule has 1 unspecified atom stereocenters. The average Bonchev–Trinajstić information content (AvgIpc) is 2.88. The number of carbonyl (C=O) groups excluding carboxylic acids is 2. The van der Waals surface area contributed by atoms with Crippen LogP contribution in [0, 0.1) is 29.1 Å². The Labute approximate surface area is 169 Å². The summed E-state index contributed by atoms with van der Waals surface area (Å²) in [4.78, 5) is 27.1. The monoisotopic (exact) mass is 385 g/mol. The minimum Gasteiger partial charge on any atom is -0.389 e. The molecule has 1 heterocycles. The van der Waals surface area contributed by atoms with E-state index in [0.717, 1.165) is 19.3 Å². The third-order valence-corrected chi connectivity index (χ3v) is 7.01. The Morgan fingerprint density at radius 1 is 1.25 bits per heavy atom. The molecule has 3 rings (SSSR count). The van der Waals surface area contributed by atoms with E-state index in [1.807, 2.05) is 0 Å². The average molecular weight is 386 g/mol. The van der Waals surface area contributed by atoms with Crippen LogP contribution in [-0.4, -0.2) is 28.9 Å². The highest BCUT2D eigenvalue weighted by Gasteiger charge is 2.64. The standard InChI is InChI=1S/C24H35NO3/c1-14(2)11-20-22-17(5)16(4)13-18-12-15(3)7-6-8-19(26)9-10-21(27)24(18,22)23(28)25-20/h9-10,12-14,17-20,22,26H,6-8,11H2,1-5H3,(H,25,28)/t17-,18+,19?,20+,22+,24-/m1/s1.